The van der Waals surface area contributed by atoms with E-state index in [4.69, 9.17) is 10.5 Å². The maximum atomic E-state index is 5.78. The fraction of sp³-hybridized carbons (Fsp3) is 0.154. The van der Waals surface area contributed by atoms with Gasteiger partial charge < -0.3 is 10.5 Å². The second-order valence-electron chi connectivity index (χ2n) is 3.85. The van der Waals surface area contributed by atoms with Crippen molar-refractivity contribution in [3.05, 3.63) is 55.1 Å². The summed E-state index contributed by atoms with van der Waals surface area (Å²) in [4.78, 5) is 4.26. The summed E-state index contributed by atoms with van der Waals surface area (Å²) in [5.41, 5.74) is 7.52. The summed E-state index contributed by atoms with van der Waals surface area (Å²) in [6.07, 6.45) is 1.75. The van der Waals surface area contributed by atoms with Crippen LogP contribution in [-0.2, 0) is 13.2 Å². The van der Waals surface area contributed by atoms with Crippen LogP contribution in [0.15, 0.2) is 43.9 Å². The smallest absolute Gasteiger partial charge is 0.148 e. The van der Waals surface area contributed by atoms with Crippen molar-refractivity contribution in [2.24, 2.45) is 5.73 Å². The van der Waals surface area contributed by atoms with E-state index < -0.39 is 0 Å². The lowest BCUT2D eigenvalue weighted by Gasteiger charge is -2.11. The predicted molar refractivity (Wildman–Crippen MR) is 86.0 cm³/mol. The largest absolute Gasteiger partial charge is 0.485 e. The Morgan fingerprint density at radius 1 is 1.11 bits per heavy atom. The number of halogens is 3. The Morgan fingerprint density at radius 3 is 2.32 bits per heavy atom. The first-order valence-electron chi connectivity index (χ1n) is 5.51. The molecule has 1 aromatic carbocycles. The molecule has 100 valence electrons. The summed E-state index contributed by atoms with van der Waals surface area (Å²) in [5.74, 6) is 0.752. The van der Waals surface area contributed by atoms with Gasteiger partial charge in [0.05, 0.1) is 14.6 Å². The number of nitrogens with two attached hydrogens (primary N) is 1. The average molecular weight is 451 g/mol. The van der Waals surface area contributed by atoms with Crippen LogP contribution in [-0.4, -0.2) is 4.98 Å². The minimum atomic E-state index is 0.409. The van der Waals surface area contributed by atoms with Gasteiger partial charge in [-0.15, -0.1) is 0 Å². The average Bonchev–Trinajstić information content (AvgIpc) is 2.39. The Balaban J connectivity index is 2.13. The summed E-state index contributed by atoms with van der Waals surface area (Å²) in [6, 6.07) is 7.76. The third kappa shape index (κ3) is 4.02. The molecule has 0 aliphatic rings. The van der Waals surface area contributed by atoms with E-state index in [1.54, 1.807) is 6.20 Å². The van der Waals surface area contributed by atoms with Crippen LogP contribution < -0.4 is 10.5 Å². The quantitative estimate of drug-likeness (QED) is 0.750. The topological polar surface area (TPSA) is 48.1 Å². The molecule has 0 spiro atoms. The van der Waals surface area contributed by atoms with Crippen LogP contribution in [0.2, 0.25) is 0 Å². The van der Waals surface area contributed by atoms with Gasteiger partial charge in [-0.05, 0) is 77.6 Å². The maximum absolute atomic E-state index is 5.78. The summed E-state index contributed by atoms with van der Waals surface area (Å²) in [7, 11) is 0. The Kier molecular flexibility index (Phi) is 5.38. The Labute approximate surface area is 136 Å². The molecule has 0 aliphatic heterocycles. The van der Waals surface area contributed by atoms with Crippen molar-refractivity contribution >= 4 is 47.8 Å². The third-order valence-electron chi connectivity index (χ3n) is 2.45. The van der Waals surface area contributed by atoms with Gasteiger partial charge in [0.15, 0.2) is 0 Å². The molecule has 19 heavy (non-hydrogen) atoms. The van der Waals surface area contributed by atoms with Gasteiger partial charge in [0.1, 0.15) is 12.4 Å². The summed E-state index contributed by atoms with van der Waals surface area (Å²) in [5, 5.41) is 0. The van der Waals surface area contributed by atoms with E-state index in [-0.39, 0.29) is 0 Å². The normalized spacial score (nSPS) is 10.5. The highest BCUT2D eigenvalue weighted by Gasteiger charge is 2.09. The molecule has 6 heteroatoms. The zero-order valence-electron chi connectivity index (χ0n) is 9.87. The molecule has 0 radical (unpaired) electrons. The number of hydrogen-bond acceptors (Lipinski definition) is 3. The minimum absolute atomic E-state index is 0.409. The van der Waals surface area contributed by atoms with Gasteiger partial charge >= 0.3 is 0 Å². The molecule has 2 rings (SSSR count). The van der Waals surface area contributed by atoms with Gasteiger partial charge in [-0.2, -0.15) is 0 Å². The fourth-order valence-electron chi connectivity index (χ4n) is 1.51. The van der Waals surface area contributed by atoms with E-state index in [2.05, 4.69) is 52.8 Å². The first kappa shape index (κ1) is 15.0. The van der Waals surface area contributed by atoms with E-state index in [1.807, 2.05) is 24.3 Å². The lowest BCUT2D eigenvalue weighted by atomic mass is 10.2. The number of pyridine rings is 1. The summed E-state index contributed by atoms with van der Waals surface area (Å²) < 4.78 is 8.48. The van der Waals surface area contributed by atoms with E-state index in [9.17, 15) is 0 Å². The SMILES string of the molecule is NCc1cc(Br)c(OCc2ccc(Br)cn2)c(Br)c1. The molecule has 0 aliphatic carbocycles. The van der Waals surface area contributed by atoms with Crippen LogP contribution in [0.4, 0.5) is 0 Å². The van der Waals surface area contributed by atoms with Crippen LogP contribution in [0.25, 0.3) is 0 Å². The van der Waals surface area contributed by atoms with Crippen molar-refractivity contribution in [3.8, 4) is 5.75 Å². The van der Waals surface area contributed by atoms with Crippen molar-refractivity contribution in [1.29, 1.82) is 0 Å². The van der Waals surface area contributed by atoms with Gasteiger partial charge in [0.25, 0.3) is 0 Å². The molecule has 1 aromatic heterocycles. The van der Waals surface area contributed by atoms with Crippen molar-refractivity contribution in [2.45, 2.75) is 13.2 Å². The Morgan fingerprint density at radius 2 is 1.79 bits per heavy atom. The zero-order valence-corrected chi connectivity index (χ0v) is 14.6. The lowest BCUT2D eigenvalue weighted by molar-refractivity contribution is 0.297. The molecular formula is C13H11Br3N2O. The molecule has 2 aromatic rings. The second kappa shape index (κ2) is 6.83. The molecule has 0 unspecified atom stereocenters. The van der Waals surface area contributed by atoms with Gasteiger partial charge in [-0.25, -0.2) is 0 Å². The van der Waals surface area contributed by atoms with Gasteiger partial charge in [-0.3, -0.25) is 4.98 Å². The molecule has 0 fully saturated rings. The van der Waals surface area contributed by atoms with E-state index >= 15 is 0 Å². The maximum Gasteiger partial charge on any atom is 0.148 e. The van der Waals surface area contributed by atoms with Crippen molar-refractivity contribution in [3.63, 3.8) is 0 Å². The Hall–Kier alpha value is -0.430. The highest BCUT2D eigenvalue weighted by molar-refractivity contribution is 9.11. The number of aromatic nitrogens is 1. The van der Waals surface area contributed by atoms with Crippen LogP contribution in [0, 0.1) is 0 Å². The fourth-order valence-corrected chi connectivity index (χ4v) is 3.25. The highest BCUT2D eigenvalue weighted by Crippen LogP contribution is 2.35. The number of nitrogens with zero attached hydrogens (tertiary/aromatic N) is 1. The standard InChI is InChI=1S/C13H11Br3N2O/c14-9-1-2-10(18-6-9)7-19-13-11(15)3-8(5-17)4-12(13)16/h1-4,6H,5,7,17H2. The number of benzene rings is 1. The second-order valence-corrected chi connectivity index (χ2v) is 6.47. The molecular weight excluding hydrogens is 440 g/mol. The van der Waals surface area contributed by atoms with Crippen molar-refractivity contribution in [1.82, 2.24) is 4.98 Å². The van der Waals surface area contributed by atoms with Gasteiger partial charge in [0.2, 0.25) is 0 Å². The first-order valence-corrected chi connectivity index (χ1v) is 7.89. The molecule has 0 saturated heterocycles. The lowest BCUT2D eigenvalue weighted by Crippen LogP contribution is -2.01. The van der Waals surface area contributed by atoms with Crippen molar-refractivity contribution in [2.75, 3.05) is 0 Å². The Bertz CT molecular complexity index is 550. The van der Waals surface area contributed by atoms with Crippen LogP contribution in [0.1, 0.15) is 11.3 Å². The zero-order chi connectivity index (χ0) is 13.8. The molecule has 2 N–H and O–H groups in total. The molecule has 3 nitrogen and oxygen atoms in total. The molecule has 0 bridgehead atoms. The summed E-state index contributed by atoms with van der Waals surface area (Å²) >= 11 is 10.3. The van der Waals surface area contributed by atoms with E-state index in [0.717, 1.165) is 30.4 Å². The van der Waals surface area contributed by atoms with Crippen molar-refractivity contribution < 1.29 is 4.74 Å². The van der Waals surface area contributed by atoms with Crippen LogP contribution >= 0.6 is 47.8 Å². The van der Waals surface area contributed by atoms with E-state index in [1.165, 1.54) is 0 Å². The molecule has 1 heterocycles. The number of rotatable bonds is 4. The van der Waals surface area contributed by atoms with Gasteiger partial charge in [0, 0.05) is 17.2 Å². The molecule has 0 atom stereocenters. The van der Waals surface area contributed by atoms with Crippen LogP contribution in [0.3, 0.4) is 0 Å². The number of ether oxygens (including phenoxy) is 1. The first-order chi connectivity index (χ1) is 9.10. The van der Waals surface area contributed by atoms with E-state index in [0.29, 0.717) is 13.2 Å². The monoisotopic (exact) mass is 448 g/mol. The van der Waals surface area contributed by atoms with Gasteiger partial charge in [-0.1, -0.05) is 0 Å². The van der Waals surface area contributed by atoms with Crippen LogP contribution in [0.5, 0.6) is 5.75 Å². The molecule has 0 saturated carbocycles. The third-order valence-corrected chi connectivity index (χ3v) is 4.09. The minimum Gasteiger partial charge on any atom is -0.485 e. The predicted octanol–water partition coefficient (Wildman–Crippen LogP) is 4.41. The number of hydrogen-bond donors (Lipinski definition) is 1. The highest BCUT2D eigenvalue weighted by atomic mass is 79.9. The summed E-state index contributed by atoms with van der Waals surface area (Å²) in [6.45, 7) is 0.901. The molecule has 0 amide bonds.